The standard InChI is InChI=1S/C8H19N3O2/c1-6(7(2)13-3)10-4-5-11-8(9)12/h6-7,10H,4-5H2,1-3H3,(H3,9,11,12). The lowest BCUT2D eigenvalue weighted by Gasteiger charge is -2.19. The number of urea groups is 1. The zero-order valence-corrected chi connectivity index (χ0v) is 8.46. The zero-order chi connectivity index (χ0) is 10.3. The Bertz CT molecular complexity index is 152. The van der Waals surface area contributed by atoms with Crippen molar-refractivity contribution in [3.05, 3.63) is 0 Å². The van der Waals surface area contributed by atoms with E-state index in [-0.39, 0.29) is 12.1 Å². The quantitative estimate of drug-likeness (QED) is 0.501. The molecule has 0 aromatic rings. The van der Waals surface area contributed by atoms with E-state index < -0.39 is 6.03 Å². The monoisotopic (exact) mass is 189 g/mol. The molecule has 0 heterocycles. The van der Waals surface area contributed by atoms with Gasteiger partial charge in [-0.25, -0.2) is 4.79 Å². The second kappa shape index (κ2) is 6.68. The maximum absolute atomic E-state index is 10.3. The van der Waals surface area contributed by atoms with Gasteiger partial charge in [-0.05, 0) is 13.8 Å². The molecule has 0 aliphatic rings. The van der Waals surface area contributed by atoms with Gasteiger partial charge in [-0.2, -0.15) is 0 Å². The Morgan fingerprint density at radius 1 is 1.46 bits per heavy atom. The van der Waals surface area contributed by atoms with Crippen molar-refractivity contribution in [2.24, 2.45) is 5.73 Å². The Hall–Kier alpha value is -0.810. The first-order valence-electron chi connectivity index (χ1n) is 4.37. The van der Waals surface area contributed by atoms with Crippen LogP contribution in [0.25, 0.3) is 0 Å². The first kappa shape index (κ1) is 12.2. The van der Waals surface area contributed by atoms with Gasteiger partial charge in [0.25, 0.3) is 0 Å². The lowest BCUT2D eigenvalue weighted by Crippen LogP contribution is -2.42. The topological polar surface area (TPSA) is 76.4 Å². The van der Waals surface area contributed by atoms with Crippen LogP contribution >= 0.6 is 0 Å². The SMILES string of the molecule is COC(C)C(C)NCCNC(N)=O. The Balaban J connectivity index is 3.36. The van der Waals surface area contributed by atoms with E-state index in [9.17, 15) is 4.79 Å². The molecule has 0 aliphatic heterocycles. The summed E-state index contributed by atoms with van der Waals surface area (Å²) in [5.41, 5.74) is 4.89. The fourth-order valence-electron chi connectivity index (χ4n) is 0.856. The third kappa shape index (κ3) is 6.36. The number of carbonyl (C=O) groups excluding carboxylic acids is 1. The average Bonchev–Trinajstić information content (AvgIpc) is 2.10. The molecule has 0 saturated carbocycles. The number of nitrogens with one attached hydrogen (secondary N) is 2. The molecule has 78 valence electrons. The van der Waals surface area contributed by atoms with Crippen LogP contribution in [0.4, 0.5) is 4.79 Å². The number of rotatable bonds is 6. The number of amides is 2. The smallest absolute Gasteiger partial charge is 0.312 e. The highest BCUT2D eigenvalue weighted by Gasteiger charge is 2.08. The van der Waals surface area contributed by atoms with Crippen molar-refractivity contribution in [3.8, 4) is 0 Å². The van der Waals surface area contributed by atoms with Gasteiger partial charge >= 0.3 is 6.03 Å². The van der Waals surface area contributed by atoms with E-state index in [0.29, 0.717) is 13.1 Å². The van der Waals surface area contributed by atoms with Crippen LogP contribution < -0.4 is 16.4 Å². The van der Waals surface area contributed by atoms with Gasteiger partial charge in [-0.1, -0.05) is 0 Å². The molecule has 0 rings (SSSR count). The Morgan fingerprint density at radius 3 is 2.54 bits per heavy atom. The number of methoxy groups -OCH3 is 1. The van der Waals surface area contributed by atoms with Crippen LogP contribution in [0.1, 0.15) is 13.8 Å². The molecule has 0 aliphatic carbocycles. The van der Waals surface area contributed by atoms with Crippen LogP contribution in [-0.2, 0) is 4.74 Å². The van der Waals surface area contributed by atoms with Gasteiger partial charge in [0.15, 0.2) is 0 Å². The molecule has 0 aromatic heterocycles. The summed E-state index contributed by atoms with van der Waals surface area (Å²) < 4.78 is 5.12. The molecule has 0 aromatic carbocycles. The zero-order valence-electron chi connectivity index (χ0n) is 8.46. The average molecular weight is 189 g/mol. The van der Waals surface area contributed by atoms with Crippen LogP contribution in [-0.4, -0.2) is 38.4 Å². The lowest BCUT2D eigenvalue weighted by atomic mass is 10.2. The van der Waals surface area contributed by atoms with Crippen LogP contribution in [0.3, 0.4) is 0 Å². The van der Waals surface area contributed by atoms with Crippen molar-refractivity contribution in [2.45, 2.75) is 26.0 Å². The van der Waals surface area contributed by atoms with Crippen LogP contribution in [0, 0.1) is 0 Å². The molecular weight excluding hydrogens is 170 g/mol. The third-order valence-corrected chi connectivity index (χ3v) is 1.97. The van der Waals surface area contributed by atoms with E-state index in [0.717, 1.165) is 0 Å². The maximum atomic E-state index is 10.3. The van der Waals surface area contributed by atoms with Gasteiger partial charge in [0, 0.05) is 26.2 Å². The first-order chi connectivity index (χ1) is 6.07. The molecule has 2 unspecified atom stereocenters. The fourth-order valence-corrected chi connectivity index (χ4v) is 0.856. The number of carbonyl (C=O) groups is 1. The van der Waals surface area contributed by atoms with Gasteiger partial charge < -0.3 is 21.1 Å². The summed E-state index contributed by atoms with van der Waals surface area (Å²) >= 11 is 0. The highest BCUT2D eigenvalue weighted by atomic mass is 16.5. The number of ether oxygens (including phenoxy) is 1. The van der Waals surface area contributed by atoms with Crippen LogP contribution in [0.15, 0.2) is 0 Å². The summed E-state index contributed by atoms with van der Waals surface area (Å²) in [5, 5.41) is 5.69. The number of nitrogens with two attached hydrogens (primary N) is 1. The van der Waals surface area contributed by atoms with Gasteiger partial charge in [0.05, 0.1) is 6.10 Å². The minimum absolute atomic E-state index is 0.161. The number of hydrogen-bond acceptors (Lipinski definition) is 3. The van der Waals surface area contributed by atoms with Crippen molar-refractivity contribution in [3.63, 3.8) is 0 Å². The van der Waals surface area contributed by atoms with Crippen molar-refractivity contribution in [1.29, 1.82) is 0 Å². The van der Waals surface area contributed by atoms with Crippen molar-refractivity contribution < 1.29 is 9.53 Å². The largest absolute Gasteiger partial charge is 0.380 e. The molecule has 0 saturated heterocycles. The van der Waals surface area contributed by atoms with Crippen molar-refractivity contribution in [1.82, 2.24) is 10.6 Å². The van der Waals surface area contributed by atoms with E-state index in [2.05, 4.69) is 10.6 Å². The van der Waals surface area contributed by atoms with Gasteiger partial charge in [-0.3, -0.25) is 0 Å². The fraction of sp³-hybridized carbons (Fsp3) is 0.875. The second-order valence-electron chi connectivity index (χ2n) is 2.97. The van der Waals surface area contributed by atoms with E-state index in [1.165, 1.54) is 0 Å². The number of primary amides is 1. The third-order valence-electron chi connectivity index (χ3n) is 1.97. The minimum Gasteiger partial charge on any atom is -0.380 e. The molecule has 2 amide bonds. The van der Waals surface area contributed by atoms with Gasteiger partial charge in [-0.15, -0.1) is 0 Å². The highest BCUT2D eigenvalue weighted by Crippen LogP contribution is 1.94. The summed E-state index contributed by atoms with van der Waals surface area (Å²) in [6.07, 6.45) is 0.161. The molecule has 0 radical (unpaired) electrons. The summed E-state index contributed by atoms with van der Waals surface area (Å²) in [7, 11) is 1.67. The Labute approximate surface area is 79.0 Å². The summed E-state index contributed by atoms with van der Waals surface area (Å²) in [6.45, 7) is 5.24. The lowest BCUT2D eigenvalue weighted by molar-refractivity contribution is 0.0890. The highest BCUT2D eigenvalue weighted by molar-refractivity contribution is 5.71. The number of hydrogen-bond donors (Lipinski definition) is 3. The predicted octanol–water partition coefficient (Wildman–Crippen LogP) is -0.332. The van der Waals surface area contributed by atoms with E-state index in [1.807, 2.05) is 13.8 Å². The first-order valence-corrected chi connectivity index (χ1v) is 4.37. The molecule has 5 nitrogen and oxygen atoms in total. The molecule has 5 heteroatoms. The molecular formula is C8H19N3O2. The maximum Gasteiger partial charge on any atom is 0.312 e. The minimum atomic E-state index is -0.491. The summed E-state index contributed by atoms with van der Waals surface area (Å²) in [4.78, 5) is 10.3. The molecule has 0 bridgehead atoms. The van der Waals surface area contributed by atoms with Gasteiger partial charge in [0.2, 0.25) is 0 Å². The van der Waals surface area contributed by atoms with Gasteiger partial charge in [0.1, 0.15) is 0 Å². The van der Waals surface area contributed by atoms with E-state index in [4.69, 9.17) is 10.5 Å². The molecule has 0 fully saturated rings. The molecule has 0 spiro atoms. The second-order valence-corrected chi connectivity index (χ2v) is 2.97. The Kier molecular flexibility index (Phi) is 6.26. The Morgan fingerprint density at radius 2 is 2.08 bits per heavy atom. The molecule has 4 N–H and O–H groups in total. The van der Waals surface area contributed by atoms with Crippen LogP contribution in [0.5, 0.6) is 0 Å². The van der Waals surface area contributed by atoms with E-state index >= 15 is 0 Å². The van der Waals surface area contributed by atoms with E-state index in [1.54, 1.807) is 7.11 Å². The van der Waals surface area contributed by atoms with Crippen molar-refractivity contribution >= 4 is 6.03 Å². The molecule has 2 atom stereocenters. The molecule has 13 heavy (non-hydrogen) atoms. The predicted molar refractivity (Wildman–Crippen MR) is 51.5 cm³/mol. The van der Waals surface area contributed by atoms with Crippen molar-refractivity contribution in [2.75, 3.05) is 20.2 Å². The summed E-state index contributed by atoms with van der Waals surface area (Å²) in [6, 6.07) is -0.228. The normalized spacial score (nSPS) is 15.0. The van der Waals surface area contributed by atoms with Crippen LogP contribution in [0.2, 0.25) is 0 Å². The summed E-state index contributed by atoms with van der Waals surface area (Å²) in [5.74, 6) is 0.